The topological polar surface area (TPSA) is 90.0 Å². The Bertz CT molecular complexity index is 1240. The number of rotatable bonds is 8. The summed E-state index contributed by atoms with van der Waals surface area (Å²) in [6.45, 7) is 5.17. The molecule has 178 valence electrons. The summed E-state index contributed by atoms with van der Waals surface area (Å²) in [5, 5.41) is 9.78. The number of para-hydroxylation sites is 1. The van der Waals surface area contributed by atoms with Crippen molar-refractivity contribution in [3.8, 4) is 0 Å². The Kier molecular flexibility index (Phi) is 7.07. The number of hydrogen-bond acceptors (Lipinski definition) is 5. The predicted molar refractivity (Wildman–Crippen MR) is 136 cm³/mol. The van der Waals surface area contributed by atoms with Crippen molar-refractivity contribution in [2.24, 2.45) is 0 Å². The molecule has 0 amide bonds. The van der Waals surface area contributed by atoms with Gasteiger partial charge in [-0.3, -0.25) is 4.72 Å². The molecular formula is C26H29N3O4S. The second-order valence-electron chi connectivity index (χ2n) is 8.34. The van der Waals surface area contributed by atoms with Gasteiger partial charge in [0.2, 0.25) is 0 Å². The summed E-state index contributed by atoms with van der Waals surface area (Å²) in [5.74, 6) is -1.18. The van der Waals surface area contributed by atoms with E-state index >= 15 is 0 Å². The van der Waals surface area contributed by atoms with Gasteiger partial charge in [-0.25, -0.2) is 13.2 Å². The molecule has 0 aliphatic carbocycles. The summed E-state index contributed by atoms with van der Waals surface area (Å²) in [5.41, 5.74) is 2.97. The largest absolute Gasteiger partial charge is 0.478 e. The van der Waals surface area contributed by atoms with Crippen molar-refractivity contribution in [3.05, 3.63) is 83.9 Å². The standard InChI is InChI=1S/C26H29N3O4S/c1-2-6-20-9-12-23(13-10-20)34(32,33)27-25-14-11-22(19-24(25)26(30)31)29-17-15-28(16-18-29)21-7-4-3-5-8-21/h3-5,7-14,19,27H,2,6,15-18H2,1H3,(H,30,31). The molecule has 3 aromatic carbocycles. The van der Waals surface area contributed by atoms with Crippen molar-refractivity contribution >= 4 is 33.1 Å². The molecule has 0 aromatic heterocycles. The Morgan fingerprint density at radius 3 is 2.09 bits per heavy atom. The maximum atomic E-state index is 12.9. The van der Waals surface area contributed by atoms with Crippen molar-refractivity contribution < 1.29 is 18.3 Å². The molecule has 0 unspecified atom stereocenters. The fourth-order valence-corrected chi connectivity index (χ4v) is 5.26. The number of hydrogen-bond donors (Lipinski definition) is 2. The van der Waals surface area contributed by atoms with Crippen molar-refractivity contribution in [3.63, 3.8) is 0 Å². The number of nitrogens with zero attached hydrogens (tertiary/aromatic N) is 2. The van der Waals surface area contributed by atoms with Crippen LogP contribution in [0, 0.1) is 0 Å². The van der Waals surface area contributed by atoms with Crippen LogP contribution >= 0.6 is 0 Å². The Morgan fingerprint density at radius 2 is 1.50 bits per heavy atom. The van der Waals surface area contributed by atoms with Gasteiger partial charge in [-0.1, -0.05) is 43.7 Å². The van der Waals surface area contributed by atoms with Crippen LogP contribution in [0.4, 0.5) is 17.1 Å². The van der Waals surface area contributed by atoms with Gasteiger partial charge in [0.25, 0.3) is 10.0 Å². The maximum Gasteiger partial charge on any atom is 0.337 e. The lowest BCUT2D eigenvalue weighted by molar-refractivity contribution is 0.0698. The molecule has 1 fully saturated rings. The lowest BCUT2D eigenvalue weighted by Crippen LogP contribution is -2.46. The number of sulfonamides is 1. The number of piperazine rings is 1. The van der Waals surface area contributed by atoms with Gasteiger partial charge < -0.3 is 14.9 Å². The van der Waals surface area contributed by atoms with E-state index < -0.39 is 16.0 Å². The summed E-state index contributed by atoms with van der Waals surface area (Å²) >= 11 is 0. The zero-order valence-electron chi connectivity index (χ0n) is 19.1. The molecule has 3 aromatic rings. The molecule has 0 atom stereocenters. The number of nitrogens with one attached hydrogen (secondary N) is 1. The number of anilines is 3. The predicted octanol–water partition coefficient (Wildman–Crippen LogP) is 4.46. The van der Waals surface area contributed by atoms with Gasteiger partial charge in [0.1, 0.15) is 0 Å². The van der Waals surface area contributed by atoms with Crippen LogP contribution < -0.4 is 14.5 Å². The van der Waals surface area contributed by atoms with Crippen molar-refractivity contribution in [2.75, 3.05) is 40.7 Å². The fraction of sp³-hybridized carbons (Fsp3) is 0.269. The average molecular weight is 480 g/mol. The summed E-state index contributed by atoms with van der Waals surface area (Å²) in [6, 6.07) is 21.7. The minimum atomic E-state index is -3.91. The van der Waals surface area contributed by atoms with Crippen LogP contribution in [0.5, 0.6) is 0 Å². The maximum absolute atomic E-state index is 12.9. The molecule has 1 saturated heterocycles. The van der Waals surface area contributed by atoms with Crippen LogP contribution in [0.2, 0.25) is 0 Å². The van der Waals surface area contributed by atoms with Crippen LogP contribution in [0.3, 0.4) is 0 Å². The van der Waals surface area contributed by atoms with E-state index in [1.807, 2.05) is 18.2 Å². The van der Waals surface area contributed by atoms with E-state index in [2.05, 4.69) is 33.6 Å². The lowest BCUT2D eigenvalue weighted by atomic mass is 10.1. The van der Waals surface area contributed by atoms with Gasteiger partial charge in [0.15, 0.2) is 0 Å². The molecule has 7 nitrogen and oxygen atoms in total. The van der Waals surface area contributed by atoms with Gasteiger partial charge in [0, 0.05) is 37.6 Å². The smallest absolute Gasteiger partial charge is 0.337 e. The third kappa shape index (κ3) is 5.34. The Balaban J connectivity index is 1.50. The van der Waals surface area contributed by atoms with Crippen LogP contribution in [0.15, 0.2) is 77.7 Å². The highest BCUT2D eigenvalue weighted by Crippen LogP contribution is 2.27. The summed E-state index contributed by atoms with van der Waals surface area (Å²) in [4.78, 5) is 16.5. The van der Waals surface area contributed by atoms with E-state index in [-0.39, 0.29) is 16.1 Å². The van der Waals surface area contributed by atoms with Gasteiger partial charge in [-0.15, -0.1) is 0 Å². The van der Waals surface area contributed by atoms with Crippen molar-refractivity contribution in [1.82, 2.24) is 0 Å². The van der Waals surface area contributed by atoms with Gasteiger partial charge in [-0.2, -0.15) is 0 Å². The minimum Gasteiger partial charge on any atom is -0.478 e. The first-order chi connectivity index (χ1) is 16.4. The van der Waals surface area contributed by atoms with Gasteiger partial charge >= 0.3 is 5.97 Å². The number of carboxylic acids is 1. The molecule has 0 radical (unpaired) electrons. The first-order valence-corrected chi connectivity index (χ1v) is 12.9. The number of aromatic carboxylic acids is 1. The second kappa shape index (κ2) is 10.2. The second-order valence-corrected chi connectivity index (χ2v) is 10.0. The highest BCUT2D eigenvalue weighted by Gasteiger charge is 2.22. The van der Waals surface area contributed by atoms with Gasteiger partial charge in [-0.05, 0) is 54.4 Å². The van der Waals surface area contributed by atoms with Crippen LogP contribution in [-0.2, 0) is 16.4 Å². The molecule has 0 bridgehead atoms. The normalized spacial score (nSPS) is 14.1. The van der Waals surface area contributed by atoms with E-state index in [9.17, 15) is 18.3 Å². The quantitative estimate of drug-likeness (QED) is 0.496. The lowest BCUT2D eigenvalue weighted by Gasteiger charge is -2.37. The number of carboxylic acid groups (broad SMARTS) is 1. The molecule has 0 saturated carbocycles. The summed E-state index contributed by atoms with van der Waals surface area (Å²) in [7, 11) is -3.91. The molecule has 2 N–H and O–H groups in total. The Morgan fingerprint density at radius 1 is 0.882 bits per heavy atom. The summed E-state index contributed by atoms with van der Waals surface area (Å²) in [6.07, 6.45) is 1.85. The highest BCUT2D eigenvalue weighted by molar-refractivity contribution is 7.92. The third-order valence-corrected chi connectivity index (χ3v) is 7.40. The number of aryl methyl sites for hydroxylation is 1. The molecule has 1 heterocycles. The van der Waals surface area contributed by atoms with E-state index in [1.54, 1.807) is 36.4 Å². The molecule has 34 heavy (non-hydrogen) atoms. The van der Waals surface area contributed by atoms with Crippen LogP contribution in [-0.4, -0.2) is 45.7 Å². The summed E-state index contributed by atoms with van der Waals surface area (Å²) < 4.78 is 28.2. The average Bonchev–Trinajstić information content (AvgIpc) is 2.85. The van der Waals surface area contributed by atoms with Crippen molar-refractivity contribution in [2.45, 2.75) is 24.7 Å². The minimum absolute atomic E-state index is 0.0526. The molecule has 1 aliphatic rings. The molecular weight excluding hydrogens is 450 g/mol. The number of benzene rings is 3. The molecule has 4 rings (SSSR count). The van der Waals surface area contributed by atoms with Crippen molar-refractivity contribution in [1.29, 1.82) is 0 Å². The first kappa shape index (κ1) is 23.6. The van der Waals surface area contributed by atoms with Crippen LogP contribution in [0.1, 0.15) is 29.3 Å². The SMILES string of the molecule is CCCc1ccc(S(=O)(=O)Nc2ccc(N3CCN(c4ccccc4)CC3)cc2C(=O)O)cc1. The fourth-order valence-electron chi connectivity index (χ4n) is 4.18. The van der Waals surface area contributed by atoms with E-state index in [0.29, 0.717) is 0 Å². The molecule has 8 heteroatoms. The molecule has 1 aliphatic heterocycles. The highest BCUT2D eigenvalue weighted by atomic mass is 32.2. The van der Waals surface area contributed by atoms with Gasteiger partial charge in [0.05, 0.1) is 16.1 Å². The van der Waals surface area contributed by atoms with E-state index in [0.717, 1.165) is 50.3 Å². The first-order valence-electron chi connectivity index (χ1n) is 11.4. The number of carbonyl (C=O) groups is 1. The Hall–Kier alpha value is -3.52. The molecule has 0 spiro atoms. The Labute approximate surface area is 200 Å². The van der Waals surface area contributed by atoms with Crippen LogP contribution in [0.25, 0.3) is 0 Å². The monoisotopic (exact) mass is 479 g/mol. The zero-order valence-corrected chi connectivity index (χ0v) is 20.0. The van der Waals surface area contributed by atoms with E-state index in [1.165, 1.54) is 11.8 Å². The zero-order chi connectivity index (χ0) is 24.1. The third-order valence-electron chi connectivity index (χ3n) is 6.02. The van der Waals surface area contributed by atoms with E-state index in [4.69, 9.17) is 0 Å².